The van der Waals surface area contributed by atoms with Crippen LogP contribution in [0.4, 0.5) is 5.69 Å². The summed E-state index contributed by atoms with van der Waals surface area (Å²) >= 11 is 0. The molecule has 0 unspecified atom stereocenters. The molecule has 0 spiro atoms. The van der Waals surface area contributed by atoms with Crippen molar-refractivity contribution in [3.05, 3.63) is 28.7 Å². The molecular formula is C15H21N5O4S. The van der Waals surface area contributed by atoms with Gasteiger partial charge in [-0.05, 0) is 18.2 Å². The lowest BCUT2D eigenvalue weighted by Gasteiger charge is -2.32. The molecule has 3 rings (SSSR count). The molecule has 25 heavy (non-hydrogen) atoms. The highest BCUT2D eigenvalue weighted by atomic mass is 32.2. The highest BCUT2D eigenvalue weighted by molar-refractivity contribution is 7.88. The average Bonchev–Trinajstić information content (AvgIpc) is 2.92. The summed E-state index contributed by atoms with van der Waals surface area (Å²) in [5.74, 6) is -0.122. The Kier molecular flexibility index (Phi) is 4.93. The Morgan fingerprint density at radius 1 is 1.16 bits per heavy atom. The SMILES string of the molecule is CS(=O)(=O)N1CCN(CCC(=O)Nc2ccc3[nH]c(=O)[nH]c3c2)CC1. The van der Waals surface area contributed by atoms with E-state index >= 15 is 0 Å². The second kappa shape index (κ2) is 6.98. The molecule has 1 aromatic carbocycles. The van der Waals surface area contributed by atoms with Gasteiger partial charge in [0.2, 0.25) is 15.9 Å². The van der Waals surface area contributed by atoms with Crippen LogP contribution in [-0.2, 0) is 14.8 Å². The Balaban J connectivity index is 1.49. The number of rotatable bonds is 5. The quantitative estimate of drug-likeness (QED) is 0.674. The Morgan fingerprint density at radius 2 is 1.84 bits per heavy atom. The minimum absolute atomic E-state index is 0.122. The third-order valence-corrected chi connectivity index (χ3v) is 5.56. The van der Waals surface area contributed by atoms with Gasteiger partial charge in [-0.25, -0.2) is 13.2 Å². The van der Waals surface area contributed by atoms with Crippen molar-refractivity contribution in [3.63, 3.8) is 0 Å². The van der Waals surface area contributed by atoms with Crippen LogP contribution in [0.2, 0.25) is 0 Å². The molecule has 1 amide bonds. The number of sulfonamides is 1. The predicted octanol–water partition coefficient (Wildman–Crippen LogP) is -0.238. The number of H-pyrrole nitrogens is 2. The standard InChI is InChI=1S/C15H21N5O4S/c1-25(23,24)20-8-6-19(7-9-20)5-4-14(21)16-11-2-3-12-13(10-11)18-15(22)17-12/h2-3,10H,4-9H2,1H3,(H,16,21)(H2,17,18,22). The van der Waals surface area contributed by atoms with Crippen LogP contribution in [0.15, 0.2) is 23.0 Å². The summed E-state index contributed by atoms with van der Waals surface area (Å²) < 4.78 is 24.4. The van der Waals surface area contributed by atoms with Crippen LogP contribution in [0.25, 0.3) is 11.0 Å². The van der Waals surface area contributed by atoms with Gasteiger partial charge in [0.25, 0.3) is 0 Å². The molecule has 3 N–H and O–H groups in total. The van der Waals surface area contributed by atoms with E-state index < -0.39 is 10.0 Å². The minimum Gasteiger partial charge on any atom is -0.326 e. The number of aromatic nitrogens is 2. The van der Waals surface area contributed by atoms with Gasteiger partial charge in [0.15, 0.2) is 0 Å². The van der Waals surface area contributed by atoms with Crippen LogP contribution in [0.1, 0.15) is 6.42 Å². The van der Waals surface area contributed by atoms with Crippen LogP contribution in [0.3, 0.4) is 0 Å². The average molecular weight is 367 g/mol. The molecule has 0 saturated carbocycles. The van der Waals surface area contributed by atoms with Crippen LogP contribution >= 0.6 is 0 Å². The molecule has 0 atom stereocenters. The number of nitrogens with one attached hydrogen (secondary N) is 3. The van der Waals surface area contributed by atoms with E-state index in [-0.39, 0.29) is 11.6 Å². The van der Waals surface area contributed by atoms with E-state index in [2.05, 4.69) is 20.2 Å². The number of hydrogen-bond acceptors (Lipinski definition) is 5. The second-order valence-electron chi connectivity index (χ2n) is 6.14. The number of anilines is 1. The third kappa shape index (κ3) is 4.47. The molecule has 0 aliphatic carbocycles. The van der Waals surface area contributed by atoms with Crippen molar-refractivity contribution in [2.24, 2.45) is 0 Å². The van der Waals surface area contributed by atoms with Crippen molar-refractivity contribution in [1.82, 2.24) is 19.2 Å². The number of carbonyl (C=O) groups is 1. The molecule has 1 saturated heterocycles. The van der Waals surface area contributed by atoms with Gasteiger partial charge in [0.1, 0.15) is 0 Å². The number of hydrogen-bond donors (Lipinski definition) is 3. The van der Waals surface area contributed by atoms with Crippen molar-refractivity contribution in [3.8, 4) is 0 Å². The molecule has 9 nitrogen and oxygen atoms in total. The largest absolute Gasteiger partial charge is 0.326 e. The zero-order valence-electron chi connectivity index (χ0n) is 13.9. The monoisotopic (exact) mass is 367 g/mol. The van der Waals surface area contributed by atoms with Gasteiger partial charge in [-0.15, -0.1) is 0 Å². The predicted molar refractivity (Wildman–Crippen MR) is 95.0 cm³/mol. The number of fused-ring (bicyclic) bond motifs is 1. The number of nitrogens with zero attached hydrogens (tertiary/aromatic N) is 2. The van der Waals surface area contributed by atoms with Gasteiger partial charge >= 0.3 is 5.69 Å². The van der Waals surface area contributed by atoms with Gasteiger partial charge in [0, 0.05) is 44.8 Å². The Bertz CT molecular complexity index is 925. The van der Waals surface area contributed by atoms with E-state index in [0.717, 1.165) is 0 Å². The molecule has 2 aromatic rings. The molecule has 1 fully saturated rings. The molecule has 136 valence electrons. The summed E-state index contributed by atoms with van der Waals surface area (Å²) in [5.41, 5.74) is 1.66. The summed E-state index contributed by atoms with van der Waals surface area (Å²) in [4.78, 5) is 30.7. The number of piperazine rings is 1. The highest BCUT2D eigenvalue weighted by Gasteiger charge is 2.23. The van der Waals surface area contributed by atoms with Crippen molar-refractivity contribution in [2.45, 2.75) is 6.42 Å². The van der Waals surface area contributed by atoms with Gasteiger partial charge < -0.3 is 20.2 Å². The molecule has 1 aliphatic heterocycles. The summed E-state index contributed by atoms with van der Waals surface area (Å²) in [7, 11) is -3.14. The first-order valence-electron chi connectivity index (χ1n) is 8.01. The summed E-state index contributed by atoms with van der Waals surface area (Å²) in [5, 5.41) is 2.81. The maximum atomic E-state index is 12.1. The topological polar surface area (TPSA) is 118 Å². The number of amides is 1. The Morgan fingerprint density at radius 3 is 2.52 bits per heavy atom. The molecular weight excluding hydrogens is 346 g/mol. The van der Waals surface area contributed by atoms with E-state index in [9.17, 15) is 18.0 Å². The van der Waals surface area contributed by atoms with Crippen LogP contribution in [0, 0.1) is 0 Å². The zero-order chi connectivity index (χ0) is 18.0. The summed E-state index contributed by atoms with van der Waals surface area (Å²) in [6.07, 6.45) is 1.53. The van der Waals surface area contributed by atoms with E-state index in [1.54, 1.807) is 18.2 Å². The fourth-order valence-electron chi connectivity index (χ4n) is 2.88. The molecule has 1 aliphatic rings. The first kappa shape index (κ1) is 17.6. The maximum absolute atomic E-state index is 12.1. The lowest BCUT2D eigenvalue weighted by Crippen LogP contribution is -2.48. The van der Waals surface area contributed by atoms with Gasteiger partial charge in [0.05, 0.1) is 17.3 Å². The zero-order valence-corrected chi connectivity index (χ0v) is 14.7. The fourth-order valence-corrected chi connectivity index (χ4v) is 3.70. The molecule has 0 radical (unpaired) electrons. The number of benzene rings is 1. The van der Waals surface area contributed by atoms with E-state index in [0.29, 0.717) is 55.9 Å². The van der Waals surface area contributed by atoms with Crippen LogP contribution < -0.4 is 11.0 Å². The first-order valence-corrected chi connectivity index (χ1v) is 9.85. The summed E-state index contributed by atoms with van der Waals surface area (Å²) in [6, 6.07) is 5.16. The molecule has 2 heterocycles. The van der Waals surface area contributed by atoms with Gasteiger partial charge in [-0.3, -0.25) is 4.79 Å². The van der Waals surface area contributed by atoms with Crippen molar-refractivity contribution in [2.75, 3.05) is 44.3 Å². The van der Waals surface area contributed by atoms with Crippen LogP contribution in [0.5, 0.6) is 0 Å². The molecule has 0 bridgehead atoms. The van der Waals surface area contributed by atoms with Gasteiger partial charge in [-0.2, -0.15) is 4.31 Å². The lowest BCUT2D eigenvalue weighted by molar-refractivity contribution is -0.116. The first-order chi connectivity index (χ1) is 11.8. The van der Waals surface area contributed by atoms with E-state index in [1.807, 2.05) is 0 Å². The normalized spacial score (nSPS) is 17.0. The van der Waals surface area contributed by atoms with E-state index in [1.165, 1.54) is 10.6 Å². The fraction of sp³-hybridized carbons (Fsp3) is 0.467. The highest BCUT2D eigenvalue weighted by Crippen LogP contribution is 2.15. The minimum atomic E-state index is -3.14. The van der Waals surface area contributed by atoms with Gasteiger partial charge in [-0.1, -0.05) is 0 Å². The number of carbonyl (C=O) groups excluding carboxylic acids is 1. The Labute approximate surface area is 145 Å². The molecule has 1 aromatic heterocycles. The smallest absolute Gasteiger partial charge is 0.323 e. The molecule has 10 heteroatoms. The summed E-state index contributed by atoms with van der Waals surface area (Å²) in [6.45, 7) is 2.73. The Hall–Kier alpha value is -2.17. The maximum Gasteiger partial charge on any atom is 0.323 e. The van der Waals surface area contributed by atoms with E-state index in [4.69, 9.17) is 0 Å². The van der Waals surface area contributed by atoms with Crippen molar-refractivity contribution >= 4 is 32.7 Å². The van der Waals surface area contributed by atoms with Crippen molar-refractivity contribution in [1.29, 1.82) is 0 Å². The van der Waals surface area contributed by atoms with Crippen LogP contribution in [-0.4, -0.2) is 72.5 Å². The van der Waals surface area contributed by atoms with Crippen molar-refractivity contribution < 1.29 is 13.2 Å². The second-order valence-corrected chi connectivity index (χ2v) is 8.12. The lowest BCUT2D eigenvalue weighted by atomic mass is 10.2. The number of imidazole rings is 1. The number of aromatic amines is 2. The third-order valence-electron chi connectivity index (χ3n) is 4.26.